The van der Waals surface area contributed by atoms with Gasteiger partial charge < -0.3 is 4.74 Å². The number of esters is 1. The van der Waals surface area contributed by atoms with Crippen LogP contribution in [-0.2, 0) is 4.74 Å². The summed E-state index contributed by atoms with van der Waals surface area (Å²) in [6.45, 7) is 1.74. The van der Waals surface area contributed by atoms with E-state index in [4.69, 9.17) is 16.3 Å². The highest BCUT2D eigenvalue weighted by Gasteiger charge is 2.12. The Bertz CT molecular complexity index is 803. The largest absolute Gasteiger partial charge is 0.465 e. The molecule has 0 saturated carbocycles. The molecule has 0 radical (unpaired) electrons. The molecule has 0 bridgehead atoms. The van der Waals surface area contributed by atoms with Crippen molar-refractivity contribution < 1.29 is 14.5 Å². The number of non-ortho nitro benzene ring substituents is 1. The molecule has 2 rings (SSSR count). The van der Waals surface area contributed by atoms with Crippen molar-refractivity contribution in [3.63, 3.8) is 0 Å². The van der Waals surface area contributed by atoms with Crippen LogP contribution < -0.4 is 0 Å². The Kier molecular flexibility index (Phi) is 5.08. The highest BCUT2D eigenvalue weighted by Crippen LogP contribution is 2.24. The zero-order chi connectivity index (χ0) is 17.0. The summed E-state index contributed by atoms with van der Waals surface area (Å²) in [5.74, 6) is -0.451. The van der Waals surface area contributed by atoms with Crippen LogP contribution in [0.3, 0.4) is 0 Å². The third-order valence-corrected chi connectivity index (χ3v) is 3.59. The molecule has 0 heterocycles. The van der Waals surface area contributed by atoms with Crippen LogP contribution >= 0.6 is 11.6 Å². The molecule has 118 valence electrons. The lowest BCUT2D eigenvalue weighted by atomic mass is 10.1. The van der Waals surface area contributed by atoms with Crippen LogP contribution in [0.4, 0.5) is 11.4 Å². The Balaban J connectivity index is 2.40. The number of nitro groups is 1. The Morgan fingerprint density at radius 3 is 2.74 bits per heavy atom. The second kappa shape index (κ2) is 7.02. The van der Waals surface area contributed by atoms with Crippen LogP contribution in [0.2, 0.25) is 5.02 Å². The Hall–Kier alpha value is -2.73. The zero-order valence-electron chi connectivity index (χ0n) is 12.4. The number of ether oxygens (including phenoxy) is 1. The number of halogens is 1. The number of hydrogen-bond acceptors (Lipinski definition) is 5. The zero-order valence-corrected chi connectivity index (χ0v) is 13.2. The molecule has 2 aromatic carbocycles. The molecule has 0 unspecified atom stereocenters. The van der Waals surface area contributed by atoms with Crippen molar-refractivity contribution in [1.29, 1.82) is 0 Å². The number of carbonyl (C=O) groups excluding carboxylic acids is 1. The molecule has 7 heteroatoms. The summed E-state index contributed by atoms with van der Waals surface area (Å²) in [6, 6.07) is 9.15. The summed E-state index contributed by atoms with van der Waals surface area (Å²) in [5, 5.41) is 11.2. The predicted octanol–water partition coefficient (Wildman–Crippen LogP) is 4.09. The number of rotatable bonds is 4. The summed E-state index contributed by atoms with van der Waals surface area (Å²) >= 11 is 6.02. The average molecular weight is 333 g/mol. The third-order valence-electron chi connectivity index (χ3n) is 3.24. The number of benzene rings is 2. The Morgan fingerprint density at radius 1 is 1.35 bits per heavy atom. The molecular weight excluding hydrogens is 320 g/mol. The average Bonchev–Trinajstić information content (AvgIpc) is 2.54. The molecule has 0 fully saturated rings. The van der Waals surface area contributed by atoms with Crippen LogP contribution in [0, 0.1) is 17.0 Å². The molecule has 0 aliphatic carbocycles. The summed E-state index contributed by atoms with van der Waals surface area (Å²) < 4.78 is 4.71. The van der Waals surface area contributed by atoms with Crippen LogP contribution in [0.5, 0.6) is 0 Å². The second-order valence-electron chi connectivity index (χ2n) is 4.66. The molecule has 0 atom stereocenters. The van der Waals surface area contributed by atoms with Gasteiger partial charge in [-0.15, -0.1) is 0 Å². The van der Waals surface area contributed by atoms with Gasteiger partial charge in [0, 0.05) is 28.9 Å². The lowest BCUT2D eigenvalue weighted by molar-refractivity contribution is -0.384. The molecular formula is C16H13ClN2O4. The fourth-order valence-corrected chi connectivity index (χ4v) is 2.14. The molecule has 0 N–H and O–H groups in total. The minimum atomic E-state index is -0.503. The molecule has 0 amide bonds. The maximum atomic E-state index is 11.7. The number of methoxy groups -OCH3 is 1. The van der Waals surface area contributed by atoms with Gasteiger partial charge in [0.15, 0.2) is 0 Å². The number of nitrogens with zero attached hydrogens (tertiary/aromatic N) is 2. The van der Waals surface area contributed by atoms with Crippen LogP contribution in [0.25, 0.3) is 0 Å². The number of carbonyl (C=O) groups is 1. The van der Waals surface area contributed by atoms with Crippen LogP contribution in [0.1, 0.15) is 21.5 Å². The van der Waals surface area contributed by atoms with E-state index in [9.17, 15) is 14.9 Å². The second-order valence-corrected chi connectivity index (χ2v) is 5.07. The monoisotopic (exact) mass is 332 g/mol. The first-order valence-electron chi connectivity index (χ1n) is 6.60. The molecule has 0 aromatic heterocycles. The van der Waals surface area contributed by atoms with Gasteiger partial charge in [-0.05, 0) is 30.7 Å². The van der Waals surface area contributed by atoms with Gasteiger partial charge in [-0.1, -0.05) is 17.7 Å². The predicted molar refractivity (Wildman–Crippen MR) is 87.9 cm³/mol. The summed E-state index contributed by atoms with van der Waals surface area (Å²) in [5.41, 5.74) is 1.96. The smallest absolute Gasteiger partial charge is 0.338 e. The summed E-state index contributed by atoms with van der Waals surface area (Å²) in [4.78, 5) is 26.2. The number of aliphatic imine (C=N–C) groups is 1. The Morgan fingerprint density at radius 2 is 2.09 bits per heavy atom. The van der Waals surface area contributed by atoms with Crippen molar-refractivity contribution in [3.05, 3.63) is 68.2 Å². The quantitative estimate of drug-likeness (QED) is 0.365. The molecule has 23 heavy (non-hydrogen) atoms. The van der Waals surface area contributed by atoms with Crippen molar-refractivity contribution in [2.75, 3.05) is 7.11 Å². The van der Waals surface area contributed by atoms with Gasteiger partial charge in [0.1, 0.15) is 0 Å². The van der Waals surface area contributed by atoms with E-state index < -0.39 is 10.9 Å². The lowest BCUT2D eigenvalue weighted by Gasteiger charge is -2.06. The maximum Gasteiger partial charge on any atom is 0.338 e. The van der Waals surface area contributed by atoms with Crippen LogP contribution in [0.15, 0.2) is 41.4 Å². The normalized spacial score (nSPS) is 10.7. The molecule has 2 aromatic rings. The standard InChI is InChI=1S/C16H13ClN2O4/c1-10-13(16(20)23-2)4-3-5-15(10)18-9-11-8-12(19(21)22)6-7-14(11)17/h3-9H,1-2H3. The molecule has 0 saturated heterocycles. The van der Waals surface area contributed by atoms with E-state index in [-0.39, 0.29) is 5.69 Å². The fraction of sp³-hybridized carbons (Fsp3) is 0.125. The molecule has 0 aliphatic heterocycles. The molecule has 0 aliphatic rings. The van der Waals surface area contributed by atoms with Crippen molar-refractivity contribution in [3.8, 4) is 0 Å². The highest BCUT2D eigenvalue weighted by molar-refractivity contribution is 6.33. The van der Waals surface area contributed by atoms with Gasteiger partial charge in [0.2, 0.25) is 0 Å². The van der Waals surface area contributed by atoms with Gasteiger partial charge in [0.25, 0.3) is 5.69 Å². The third kappa shape index (κ3) is 3.73. The van der Waals surface area contributed by atoms with Gasteiger partial charge >= 0.3 is 5.97 Å². The first kappa shape index (κ1) is 16.6. The maximum absolute atomic E-state index is 11.7. The Labute approximate surface area is 137 Å². The van der Waals surface area contributed by atoms with Crippen molar-refractivity contribution in [2.24, 2.45) is 4.99 Å². The highest BCUT2D eigenvalue weighted by atomic mass is 35.5. The summed E-state index contributed by atoms with van der Waals surface area (Å²) in [6.07, 6.45) is 1.43. The van der Waals surface area contributed by atoms with Gasteiger partial charge in [0.05, 0.1) is 23.3 Å². The molecule has 6 nitrogen and oxygen atoms in total. The van der Waals surface area contributed by atoms with E-state index in [1.54, 1.807) is 25.1 Å². The minimum Gasteiger partial charge on any atom is -0.465 e. The fourth-order valence-electron chi connectivity index (χ4n) is 1.98. The van der Waals surface area contributed by atoms with E-state index in [1.807, 2.05) is 0 Å². The van der Waals surface area contributed by atoms with Gasteiger partial charge in [-0.3, -0.25) is 15.1 Å². The lowest BCUT2D eigenvalue weighted by Crippen LogP contribution is -2.03. The number of nitro benzene ring substituents is 1. The topological polar surface area (TPSA) is 81.8 Å². The first-order chi connectivity index (χ1) is 10.9. The minimum absolute atomic E-state index is 0.0733. The SMILES string of the molecule is COC(=O)c1cccc(N=Cc2cc([N+](=O)[O-])ccc2Cl)c1C. The first-order valence-corrected chi connectivity index (χ1v) is 6.97. The van der Waals surface area contributed by atoms with Crippen LogP contribution in [-0.4, -0.2) is 24.2 Å². The number of hydrogen-bond donors (Lipinski definition) is 0. The van der Waals surface area contributed by atoms with Crippen molar-refractivity contribution in [1.82, 2.24) is 0 Å². The molecule has 0 spiro atoms. The van der Waals surface area contributed by atoms with Gasteiger partial charge in [-0.25, -0.2) is 4.79 Å². The van der Waals surface area contributed by atoms with E-state index >= 15 is 0 Å². The van der Waals surface area contributed by atoms with Crippen molar-refractivity contribution in [2.45, 2.75) is 6.92 Å². The van der Waals surface area contributed by atoms with Gasteiger partial charge in [-0.2, -0.15) is 0 Å². The van der Waals surface area contributed by atoms with E-state index in [2.05, 4.69) is 4.99 Å². The van der Waals surface area contributed by atoms with E-state index in [0.717, 1.165) is 0 Å². The van der Waals surface area contributed by atoms with E-state index in [0.29, 0.717) is 27.4 Å². The van der Waals surface area contributed by atoms with E-state index in [1.165, 1.54) is 31.5 Å². The van der Waals surface area contributed by atoms with Crippen molar-refractivity contribution >= 4 is 35.2 Å². The summed E-state index contributed by atoms with van der Waals surface area (Å²) in [7, 11) is 1.31.